The highest BCUT2D eigenvalue weighted by atomic mass is 35.5. The second kappa shape index (κ2) is 6.95. The molecular formula is C20H21ClN6O. The maximum absolute atomic E-state index is 9.51. The molecule has 0 amide bonds. The Bertz CT molecular complexity index is 987. The third-order valence-corrected chi connectivity index (χ3v) is 5.86. The van der Waals surface area contributed by atoms with Crippen LogP contribution < -0.4 is 15.0 Å². The van der Waals surface area contributed by atoms with Gasteiger partial charge in [0.05, 0.1) is 17.8 Å². The zero-order chi connectivity index (χ0) is 19.9. The van der Waals surface area contributed by atoms with Gasteiger partial charge in [0.2, 0.25) is 5.88 Å². The van der Waals surface area contributed by atoms with E-state index in [2.05, 4.69) is 45.0 Å². The molecule has 0 radical (unpaired) electrons. The molecule has 2 aromatic heterocycles. The molecule has 0 aromatic carbocycles. The van der Waals surface area contributed by atoms with Crippen molar-refractivity contribution in [3.05, 3.63) is 40.7 Å². The predicted octanol–water partition coefficient (Wildman–Crippen LogP) is 3.58. The number of halogens is 1. The summed E-state index contributed by atoms with van der Waals surface area (Å²) in [4.78, 5) is 6.82. The van der Waals surface area contributed by atoms with Crippen molar-refractivity contribution in [3.63, 3.8) is 0 Å². The van der Waals surface area contributed by atoms with Crippen molar-refractivity contribution in [3.8, 4) is 11.9 Å². The van der Waals surface area contributed by atoms with E-state index >= 15 is 0 Å². The molecule has 1 N–H and O–H groups in total. The van der Waals surface area contributed by atoms with Crippen LogP contribution in [0.3, 0.4) is 0 Å². The Morgan fingerprint density at radius 3 is 3.04 bits per heavy atom. The van der Waals surface area contributed by atoms with Crippen LogP contribution in [0.1, 0.15) is 36.6 Å². The number of pyridine rings is 1. The number of aromatic nitrogens is 3. The van der Waals surface area contributed by atoms with Crippen molar-refractivity contribution < 1.29 is 4.74 Å². The van der Waals surface area contributed by atoms with E-state index in [0.717, 1.165) is 42.1 Å². The van der Waals surface area contributed by atoms with Crippen molar-refractivity contribution in [1.29, 1.82) is 5.26 Å². The van der Waals surface area contributed by atoms with Gasteiger partial charge in [0.25, 0.3) is 0 Å². The van der Waals surface area contributed by atoms with E-state index < -0.39 is 0 Å². The maximum Gasteiger partial charge on any atom is 0.232 e. The Balaban J connectivity index is 1.65. The molecular weight excluding hydrogens is 376 g/mol. The van der Waals surface area contributed by atoms with Gasteiger partial charge in [-0.1, -0.05) is 31.2 Å². The standard InChI is InChI=1S/C20H21ClN6O/c1-4-13-6-14(9-22)19(24-12(13)3)28-15-8-20(5-2)11-23-18-16(27(20)10-15)7-17(21)25-26-18/h4,6-7,15H,1,5,8,10-11H2,2-3H3,(H,23,26)/t15-,20-/m1/s1. The summed E-state index contributed by atoms with van der Waals surface area (Å²) >= 11 is 6.09. The summed E-state index contributed by atoms with van der Waals surface area (Å²) < 4.78 is 6.24. The molecule has 0 unspecified atom stereocenters. The highest BCUT2D eigenvalue weighted by Crippen LogP contribution is 2.44. The molecule has 4 heterocycles. The lowest BCUT2D eigenvalue weighted by Gasteiger charge is -2.43. The average Bonchev–Trinajstić information content (AvgIpc) is 3.07. The van der Waals surface area contributed by atoms with Gasteiger partial charge in [0.1, 0.15) is 17.7 Å². The number of fused-ring (bicyclic) bond motifs is 3. The van der Waals surface area contributed by atoms with Gasteiger partial charge >= 0.3 is 0 Å². The fourth-order valence-corrected chi connectivity index (χ4v) is 4.27. The molecule has 0 spiro atoms. The zero-order valence-electron chi connectivity index (χ0n) is 15.9. The number of ether oxygens (including phenoxy) is 1. The molecule has 2 aliphatic rings. The minimum atomic E-state index is -0.104. The van der Waals surface area contributed by atoms with Crippen LogP contribution in [-0.4, -0.2) is 39.9 Å². The summed E-state index contributed by atoms with van der Waals surface area (Å²) in [6.07, 6.45) is 3.34. The van der Waals surface area contributed by atoms with Gasteiger partial charge in [-0.25, -0.2) is 4.98 Å². The Kier molecular flexibility index (Phi) is 4.60. The van der Waals surface area contributed by atoms with Crippen LogP contribution in [0.5, 0.6) is 5.88 Å². The van der Waals surface area contributed by atoms with E-state index in [1.807, 2.05) is 13.0 Å². The quantitative estimate of drug-likeness (QED) is 0.844. The zero-order valence-corrected chi connectivity index (χ0v) is 16.6. The number of nitriles is 1. The highest BCUT2D eigenvalue weighted by Gasteiger charge is 2.49. The Morgan fingerprint density at radius 2 is 2.32 bits per heavy atom. The smallest absolute Gasteiger partial charge is 0.232 e. The van der Waals surface area contributed by atoms with E-state index in [9.17, 15) is 5.26 Å². The minimum Gasteiger partial charge on any atom is -0.471 e. The minimum absolute atomic E-state index is 0.103. The molecule has 0 aliphatic carbocycles. The van der Waals surface area contributed by atoms with Gasteiger partial charge in [-0.05, 0) is 25.0 Å². The molecule has 4 rings (SSSR count). The first kappa shape index (κ1) is 18.5. The van der Waals surface area contributed by atoms with E-state index in [1.165, 1.54) is 0 Å². The molecule has 144 valence electrons. The van der Waals surface area contributed by atoms with Crippen molar-refractivity contribution in [1.82, 2.24) is 15.2 Å². The maximum atomic E-state index is 9.51. The largest absolute Gasteiger partial charge is 0.471 e. The van der Waals surface area contributed by atoms with Crippen LogP contribution in [0.4, 0.5) is 11.5 Å². The normalized spacial score (nSPS) is 22.6. The SMILES string of the molecule is C=Cc1cc(C#N)c(O[C@H]2CN3c4cc(Cl)nnc4NC[C@@]3(CC)C2)nc1C. The highest BCUT2D eigenvalue weighted by molar-refractivity contribution is 6.29. The topological polar surface area (TPSA) is 87.0 Å². The van der Waals surface area contributed by atoms with Crippen LogP contribution in [0.25, 0.3) is 6.08 Å². The van der Waals surface area contributed by atoms with Crippen molar-refractivity contribution in [2.45, 2.75) is 38.3 Å². The third kappa shape index (κ3) is 2.94. The summed E-state index contributed by atoms with van der Waals surface area (Å²) in [5.74, 6) is 1.11. The van der Waals surface area contributed by atoms with Crippen LogP contribution in [0, 0.1) is 18.3 Å². The van der Waals surface area contributed by atoms with Crippen molar-refractivity contribution in [2.75, 3.05) is 23.3 Å². The summed E-state index contributed by atoms with van der Waals surface area (Å²) in [5, 5.41) is 21.4. The van der Waals surface area contributed by atoms with E-state index in [1.54, 1.807) is 12.1 Å². The van der Waals surface area contributed by atoms with Gasteiger partial charge in [-0.15, -0.1) is 10.2 Å². The summed E-state index contributed by atoms with van der Waals surface area (Å²) in [6, 6.07) is 5.79. The van der Waals surface area contributed by atoms with Gasteiger partial charge in [-0.2, -0.15) is 5.26 Å². The molecule has 2 atom stereocenters. The molecule has 2 aromatic rings. The molecule has 1 saturated heterocycles. The fourth-order valence-electron chi connectivity index (χ4n) is 4.13. The van der Waals surface area contributed by atoms with E-state index in [-0.39, 0.29) is 11.6 Å². The molecule has 28 heavy (non-hydrogen) atoms. The number of nitrogens with zero attached hydrogens (tertiary/aromatic N) is 5. The Morgan fingerprint density at radius 1 is 1.50 bits per heavy atom. The van der Waals surface area contributed by atoms with Gasteiger partial charge in [0.15, 0.2) is 11.0 Å². The van der Waals surface area contributed by atoms with Gasteiger partial charge < -0.3 is 15.0 Å². The van der Waals surface area contributed by atoms with Crippen LogP contribution in [0.2, 0.25) is 5.15 Å². The Hall–Kier alpha value is -2.85. The number of aryl methyl sites for hydroxylation is 1. The first-order chi connectivity index (χ1) is 13.5. The number of rotatable bonds is 4. The number of anilines is 2. The van der Waals surface area contributed by atoms with Crippen LogP contribution >= 0.6 is 11.6 Å². The molecule has 7 nitrogen and oxygen atoms in total. The molecule has 8 heteroatoms. The lowest BCUT2D eigenvalue weighted by atomic mass is 9.90. The van der Waals surface area contributed by atoms with Crippen molar-refractivity contribution >= 4 is 29.2 Å². The lowest BCUT2D eigenvalue weighted by Crippen LogP contribution is -2.52. The van der Waals surface area contributed by atoms with E-state index in [0.29, 0.717) is 23.1 Å². The second-order valence-corrected chi connectivity index (χ2v) is 7.61. The van der Waals surface area contributed by atoms with Crippen molar-refractivity contribution in [2.24, 2.45) is 0 Å². The average molecular weight is 397 g/mol. The third-order valence-electron chi connectivity index (χ3n) is 5.68. The van der Waals surface area contributed by atoms with Gasteiger partial charge in [-0.3, -0.25) is 0 Å². The second-order valence-electron chi connectivity index (χ2n) is 7.22. The molecule has 0 bridgehead atoms. The number of nitrogens with one attached hydrogen (secondary N) is 1. The first-order valence-electron chi connectivity index (χ1n) is 9.25. The summed E-state index contributed by atoms with van der Waals surface area (Å²) in [6.45, 7) is 9.24. The lowest BCUT2D eigenvalue weighted by molar-refractivity contribution is 0.201. The Labute approximate surface area is 169 Å². The fraction of sp³-hybridized carbons (Fsp3) is 0.400. The van der Waals surface area contributed by atoms with Crippen LogP contribution in [-0.2, 0) is 0 Å². The molecule has 1 fully saturated rings. The molecule has 2 aliphatic heterocycles. The first-order valence-corrected chi connectivity index (χ1v) is 9.63. The summed E-state index contributed by atoms with van der Waals surface area (Å²) in [7, 11) is 0. The summed E-state index contributed by atoms with van der Waals surface area (Å²) in [5.41, 5.74) is 2.88. The van der Waals surface area contributed by atoms with E-state index in [4.69, 9.17) is 16.3 Å². The number of hydrogen-bond acceptors (Lipinski definition) is 7. The molecule has 0 saturated carbocycles. The van der Waals surface area contributed by atoms with Gasteiger partial charge in [0, 0.05) is 24.7 Å². The number of hydrogen-bond donors (Lipinski definition) is 1. The monoisotopic (exact) mass is 396 g/mol. The predicted molar refractivity (Wildman–Crippen MR) is 109 cm³/mol. The van der Waals surface area contributed by atoms with Crippen LogP contribution in [0.15, 0.2) is 18.7 Å².